The quantitative estimate of drug-likeness (QED) is 0.703. The molecule has 1 aromatic carbocycles. The smallest absolute Gasteiger partial charge is 0.408 e. The van der Waals surface area contributed by atoms with Gasteiger partial charge in [0.1, 0.15) is 17.2 Å². The summed E-state index contributed by atoms with van der Waals surface area (Å²) in [5.74, 6) is 0.205. The highest BCUT2D eigenvalue weighted by Gasteiger charge is 2.18. The van der Waals surface area contributed by atoms with Crippen molar-refractivity contribution >= 4 is 17.4 Å². The van der Waals surface area contributed by atoms with E-state index in [1.807, 2.05) is 58.0 Å². The van der Waals surface area contributed by atoms with Crippen LogP contribution in [0.4, 0.5) is 10.5 Å². The number of ether oxygens (including phenoxy) is 1. The molecule has 0 saturated carbocycles. The molecular weight excluding hydrogens is 334 g/mol. The maximum absolute atomic E-state index is 11.9. The van der Waals surface area contributed by atoms with Crippen LogP contribution >= 0.6 is 0 Å². The van der Waals surface area contributed by atoms with Gasteiger partial charge in [-0.05, 0) is 50.6 Å². The molecule has 0 aliphatic carbocycles. The van der Waals surface area contributed by atoms with Gasteiger partial charge in [-0.15, -0.1) is 10.2 Å². The number of carbonyl (C=O) groups excluding carboxylic acids is 1. The van der Waals surface area contributed by atoms with Gasteiger partial charge >= 0.3 is 6.09 Å². The number of aromatic nitrogens is 4. The third kappa shape index (κ3) is 5.59. The Morgan fingerprint density at radius 3 is 2.81 bits per heavy atom. The predicted molar refractivity (Wildman–Crippen MR) is 95.6 cm³/mol. The summed E-state index contributed by atoms with van der Waals surface area (Å²) >= 11 is 0. The van der Waals surface area contributed by atoms with Crippen LogP contribution in [0.2, 0.25) is 0 Å². The maximum atomic E-state index is 11.9. The van der Waals surface area contributed by atoms with Crippen LogP contribution in [-0.2, 0) is 4.74 Å². The zero-order valence-electron chi connectivity index (χ0n) is 15.1. The van der Waals surface area contributed by atoms with Crippen LogP contribution in [0.3, 0.4) is 0 Å². The molecule has 2 rings (SSSR count). The van der Waals surface area contributed by atoms with Gasteiger partial charge in [-0.2, -0.15) is 10.5 Å². The highest BCUT2D eigenvalue weighted by Crippen LogP contribution is 2.19. The van der Waals surface area contributed by atoms with Crippen LogP contribution < -0.4 is 10.6 Å². The lowest BCUT2D eigenvalue weighted by atomic mass is 10.1. The fourth-order valence-electron chi connectivity index (χ4n) is 2.04. The van der Waals surface area contributed by atoms with Crippen LogP contribution in [0.15, 0.2) is 30.5 Å². The molecule has 0 radical (unpaired) electrons. The molecule has 0 aliphatic rings. The van der Waals surface area contributed by atoms with Crippen LogP contribution in [0.25, 0.3) is 5.57 Å². The van der Waals surface area contributed by atoms with Gasteiger partial charge in [-0.25, -0.2) is 4.79 Å². The van der Waals surface area contributed by atoms with Crippen molar-refractivity contribution in [3.8, 4) is 6.07 Å². The first kappa shape index (κ1) is 18.9. The summed E-state index contributed by atoms with van der Waals surface area (Å²) in [4.78, 5) is 11.9. The van der Waals surface area contributed by atoms with E-state index in [0.29, 0.717) is 0 Å². The monoisotopic (exact) mass is 355 g/mol. The number of benzene rings is 1. The molecule has 9 nitrogen and oxygen atoms in total. The number of hydrogen-bond donors (Lipinski definition) is 3. The molecule has 136 valence electrons. The molecule has 2 aromatic rings. The van der Waals surface area contributed by atoms with Gasteiger partial charge in [0.15, 0.2) is 0 Å². The highest BCUT2D eigenvalue weighted by atomic mass is 16.6. The van der Waals surface area contributed by atoms with Crippen molar-refractivity contribution in [1.29, 1.82) is 5.26 Å². The van der Waals surface area contributed by atoms with E-state index in [-0.39, 0.29) is 17.4 Å². The summed E-state index contributed by atoms with van der Waals surface area (Å²) in [6.07, 6.45) is 1.02. The fourth-order valence-corrected chi connectivity index (χ4v) is 2.04. The number of anilines is 1. The third-order valence-corrected chi connectivity index (χ3v) is 3.21. The lowest BCUT2D eigenvalue weighted by Crippen LogP contribution is -2.34. The molecule has 1 unspecified atom stereocenters. The number of nitrogens with zero attached hydrogens (tertiary/aromatic N) is 4. The molecule has 9 heteroatoms. The zero-order chi connectivity index (χ0) is 19.2. The van der Waals surface area contributed by atoms with Gasteiger partial charge in [-0.3, -0.25) is 0 Å². The van der Waals surface area contributed by atoms with Crippen LogP contribution in [-0.4, -0.2) is 32.3 Å². The Bertz CT molecular complexity index is 816. The van der Waals surface area contributed by atoms with Crippen molar-refractivity contribution in [2.75, 3.05) is 5.32 Å². The number of H-pyrrole nitrogens is 1. The minimum absolute atomic E-state index is 0.205. The summed E-state index contributed by atoms with van der Waals surface area (Å²) in [5.41, 5.74) is 1.31. The SMILES string of the molecule is CC(NC(=O)OC(C)(C)C)c1cccc(NC=C(C#N)c2nn[nH]n2)c1. The van der Waals surface area contributed by atoms with Gasteiger partial charge in [0.2, 0.25) is 5.82 Å². The van der Waals surface area contributed by atoms with E-state index in [0.717, 1.165) is 11.3 Å². The minimum atomic E-state index is -0.555. The van der Waals surface area contributed by atoms with Gasteiger partial charge in [0.05, 0.1) is 6.04 Å². The number of carbonyl (C=O) groups is 1. The van der Waals surface area contributed by atoms with E-state index in [4.69, 9.17) is 10.00 Å². The summed E-state index contributed by atoms with van der Waals surface area (Å²) in [6, 6.07) is 9.19. The molecule has 26 heavy (non-hydrogen) atoms. The summed E-state index contributed by atoms with van der Waals surface area (Å²) < 4.78 is 5.26. The third-order valence-electron chi connectivity index (χ3n) is 3.21. The normalized spacial score (nSPS) is 12.8. The molecule has 3 N–H and O–H groups in total. The fraction of sp³-hybridized carbons (Fsp3) is 0.353. The number of hydrogen-bond acceptors (Lipinski definition) is 7. The Balaban J connectivity index is 2.05. The first-order valence-corrected chi connectivity index (χ1v) is 7.98. The molecule has 0 saturated heterocycles. The minimum Gasteiger partial charge on any atom is -0.444 e. The predicted octanol–water partition coefficient (Wildman–Crippen LogP) is 2.76. The number of amides is 1. The molecule has 0 bridgehead atoms. The summed E-state index contributed by atoms with van der Waals surface area (Å²) in [7, 11) is 0. The number of allylic oxidation sites excluding steroid dienone is 1. The number of tetrazole rings is 1. The molecule has 0 aliphatic heterocycles. The van der Waals surface area contributed by atoms with E-state index in [1.165, 1.54) is 6.20 Å². The standard InChI is InChI=1S/C17H21N7O2/c1-11(20-16(25)26-17(2,3)4)12-6-5-7-14(8-12)19-10-13(9-18)15-21-23-24-22-15/h5-8,10-11,19H,1-4H3,(H,20,25)(H,21,22,23,24). The van der Waals surface area contributed by atoms with Gasteiger partial charge in [0.25, 0.3) is 0 Å². The summed E-state index contributed by atoms with van der Waals surface area (Å²) in [6.45, 7) is 7.29. The van der Waals surface area contributed by atoms with Gasteiger partial charge in [0, 0.05) is 11.9 Å². The van der Waals surface area contributed by atoms with Crippen LogP contribution in [0.1, 0.15) is 45.1 Å². The number of alkyl carbamates (subject to hydrolysis) is 1. The second kappa shape index (κ2) is 8.11. The van der Waals surface area contributed by atoms with E-state index in [9.17, 15) is 4.79 Å². The Kier molecular flexibility index (Phi) is 5.90. The lowest BCUT2D eigenvalue weighted by molar-refractivity contribution is 0.0508. The first-order chi connectivity index (χ1) is 12.3. The molecule has 1 heterocycles. The lowest BCUT2D eigenvalue weighted by Gasteiger charge is -2.22. The van der Waals surface area contributed by atoms with E-state index >= 15 is 0 Å². The largest absolute Gasteiger partial charge is 0.444 e. The maximum Gasteiger partial charge on any atom is 0.408 e. The van der Waals surface area contributed by atoms with Crippen molar-refractivity contribution in [3.05, 3.63) is 41.9 Å². The topological polar surface area (TPSA) is 129 Å². The second-order valence-corrected chi connectivity index (χ2v) is 6.54. The number of nitriles is 1. The van der Waals surface area contributed by atoms with E-state index in [1.54, 1.807) is 0 Å². The Morgan fingerprint density at radius 1 is 1.42 bits per heavy atom. The van der Waals surface area contributed by atoms with Crippen LogP contribution in [0.5, 0.6) is 0 Å². The second-order valence-electron chi connectivity index (χ2n) is 6.54. The van der Waals surface area contributed by atoms with E-state index in [2.05, 4.69) is 31.3 Å². The van der Waals surface area contributed by atoms with Gasteiger partial charge in [-0.1, -0.05) is 12.1 Å². The molecule has 1 aromatic heterocycles. The molecule has 1 amide bonds. The van der Waals surface area contributed by atoms with Crippen molar-refractivity contribution in [2.24, 2.45) is 0 Å². The van der Waals surface area contributed by atoms with Crippen molar-refractivity contribution in [2.45, 2.75) is 39.3 Å². The Hall–Kier alpha value is -3.41. The Labute approximate surface area is 151 Å². The van der Waals surface area contributed by atoms with E-state index < -0.39 is 11.7 Å². The number of aromatic amines is 1. The highest BCUT2D eigenvalue weighted by molar-refractivity contribution is 5.74. The number of rotatable bonds is 5. The van der Waals surface area contributed by atoms with Crippen LogP contribution in [0, 0.1) is 11.3 Å². The molecule has 0 fully saturated rings. The average molecular weight is 355 g/mol. The van der Waals surface area contributed by atoms with Crippen molar-refractivity contribution in [3.63, 3.8) is 0 Å². The van der Waals surface area contributed by atoms with Crippen molar-refractivity contribution in [1.82, 2.24) is 25.9 Å². The Morgan fingerprint density at radius 2 is 2.19 bits per heavy atom. The summed E-state index contributed by atoms with van der Waals surface area (Å²) in [5, 5.41) is 28.2. The molecular formula is C17H21N7O2. The molecule has 0 spiro atoms. The molecule has 1 atom stereocenters. The number of nitrogens with one attached hydrogen (secondary N) is 3. The average Bonchev–Trinajstić information content (AvgIpc) is 3.08. The van der Waals surface area contributed by atoms with Crippen molar-refractivity contribution < 1.29 is 9.53 Å². The zero-order valence-corrected chi connectivity index (χ0v) is 15.1. The first-order valence-electron chi connectivity index (χ1n) is 7.98. The van der Waals surface area contributed by atoms with Gasteiger partial charge < -0.3 is 15.4 Å².